The van der Waals surface area contributed by atoms with Gasteiger partial charge in [-0.3, -0.25) is 0 Å². The van der Waals surface area contributed by atoms with Gasteiger partial charge in [0.1, 0.15) is 11.5 Å². The molecule has 0 saturated heterocycles. The lowest BCUT2D eigenvalue weighted by molar-refractivity contribution is 0.308. The maximum Gasteiger partial charge on any atom is 0.203 e. The molecule has 0 aliphatic carbocycles. The van der Waals surface area contributed by atoms with E-state index in [0.717, 1.165) is 42.5 Å². The maximum absolute atomic E-state index is 5.77. The molecule has 2 rings (SSSR count). The summed E-state index contributed by atoms with van der Waals surface area (Å²) in [5.41, 5.74) is 0.952. The van der Waals surface area contributed by atoms with Gasteiger partial charge in [0, 0.05) is 19.2 Å². The van der Waals surface area contributed by atoms with E-state index >= 15 is 0 Å². The lowest BCUT2D eigenvalue weighted by atomic mass is 10.2. The molecule has 0 amide bonds. The Hall–Kier alpha value is -3.29. The lowest BCUT2D eigenvalue weighted by Gasteiger charge is -2.14. The second-order valence-corrected chi connectivity index (χ2v) is 6.54. The molecule has 0 bridgehead atoms. The van der Waals surface area contributed by atoms with Crippen molar-refractivity contribution in [3.05, 3.63) is 42.0 Å². The molecule has 0 aromatic heterocycles. The van der Waals surface area contributed by atoms with E-state index in [1.165, 1.54) is 0 Å². The second kappa shape index (κ2) is 13.1. The summed E-state index contributed by atoms with van der Waals surface area (Å²) in [4.78, 5) is 4.65. The standard InChI is InChI=1S/C23H33N3O5/c1-6-24-23(25-11-8-12-31-19-10-7-9-18(15-19)27-2)26-16-17-13-20(28-3)22(30-5)21(14-17)29-4/h7,9-10,13-15H,6,8,11-12,16H2,1-5H3,(H2,24,25,26). The Morgan fingerprint density at radius 3 is 2.19 bits per heavy atom. The summed E-state index contributed by atoms with van der Waals surface area (Å²) >= 11 is 0. The zero-order chi connectivity index (χ0) is 22.5. The van der Waals surface area contributed by atoms with Crippen LogP contribution < -0.4 is 34.3 Å². The third-order valence-corrected chi connectivity index (χ3v) is 4.41. The highest BCUT2D eigenvalue weighted by Gasteiger charge is 2.13. The van der Waals surface area contributed by atoms with Crippen LogP contribution in [-0.4, -0.2) is 54.1 Å². The van der Waals surface area contributed by atoms with Gasteiger partial charge in [-0.2, -0.15) is 0 Å². The van der Waals surface area contributed by atoms with E-state index in [0.29, 0.717) is 30.4 Å². The number of ether oxygens (including phenoxy) is 5. The molecule has 0 saturated carbocycles. The first-order valence-corrected chi connectivity index (χ1v) is 10.2. The molecule has 31 heavy (non-hydrogen) atoms. The van der Waals surface area contributed by atoms with Crippen molar-refractivity contribution in [2.75, 3.05) is 48.1 Å². The van der Waals surface area contributed by atoms with Gasteiger partial charge in [-0.15, -0.1) is 0 Å². The molecule has 0 unspecified atom stereocenters. The molecule has 2 aromatic rings. The molecule has 8 nitrogen and oxygen atoms in total. The van der Waals surface area contributed by atoms with Crippen molar-refractivity contribution in [1.29, 1.82) is 0 Å². The topological polar surface area (TPSA) is 82.6 Å². The van der Waals surface area contributed by atoms with Crippen LogP contribution in [0.1, 0.15) is 18.9 Å². The number of aliphatic imine (C=N–C) groups is 1. The first-order chi connectivity index (χ1) is 15.1. The average Bonchev–Trinajstić information content (AvgIpc) is 2.81. The zero-order valence-electron chi connectivity index (χ0n) is 19.0. The normalized spacial score (nSPS) is 10.9. The minimum atomic E-state index is 0.465. The number of nitrogens with zero attached hydrogens (tertiary/aromatic N) is 1. The molecule has 170 valence electrons. The van der Waals surface area contributed by atoms with Crippen molar-refractivity contribution < 1.29 is 23.7 Å². The largest absolute Gasteiger partial charge is 0.497 e. The summed E-state index contributed by atoms with van der Waals surface area (Å²) < 4.78 is 27.2. The monoisotopic (exact) mass is 431 g/mol. The van der Waals surface area contributed by atoms with Gasteiger partial charge in [0.2, 0.25) is 5.75 Å². The number of guanidine groups is 1. The predicted molar refractivity (Wildman–Crippen MR) is 122 cm³/mol. The third-order valence-electron chi connectivity index (χ3n) is 4.41. The molecule has 0 aliphatic rings. The van der Waals surface area contributed by atoms with Gasteiger partial charge in [0.05, 0.1) is 41.6 Å². The summed E-state index contributed by atoms with van der Waals surface area (Å²) in [6.45, 7) is 4.58. The van der Waals surface area contributed by atoms with Crippen LogP contribution >= 0.6 is 0 Å². The number of benzene rings is 2. The highest BCUT2D eigenvalue weighted by atomic mass is 16.5. The Morgan fingerprint density at radius 2 is 1.58 bits per heavy atom. The van der Waals surface area contributed by atoms with Gasteiger partial charge >= 0.3 is 0 Å². The van der Waals surface area contributed by atoms with Crippen LogP contribution in [0.15, 0.2) is 41.4 Å². The van der Waals surface area contributed by atoms with E-state index in [4.69, 9.17) is 23.7 Å². The summed E-state index contributed by atoms with van der Waals surface area (Å²) in [5, 5.41) is 6.58. The Morgan fingerprint density at radius 1 is 0.871 bits per heavy atom. The molecule has 0 heterocycles. The first-order valence-electron chi connectivity index (χ1n) is 10.2. The Labute approximate surface area is 184 Å². The van der Waals surface area contributed by atoms with Gasteiger partial charge < -0.3 is 34.3 Å². The van der Waals surface area contributed by atoms with Crippen molar-refractivity contribution in [2.45, 2.75) is 19.9 Å². The Balaban J connectivity index is 1.90. The van der Waals surface area contributed by atoms with E-state index in [9.17, 15) is 0 Å². The minimum Gasteiger partial charge on any atom is -0.497 e. The molecular formula is C23H33N3O5. The van der Waals surface area contributed by atoms with Crippen LogP contribution in [0.25, 0.3) is 0 Å². The number of rotatable bonds is 12. The van der Waals surface area contributed by atoms with Crippen molar-refractivity contribution in [1.82, 2.24) is 10.6 Å². The van der Waals surface area contributed by atoms with Crippen LogP contribution in [0.2, 0.25) is 0 Å². The highest BCUT2D eigenvalue weighted by molar-refractivity contribution is 5.79. The summed E-state index contributed by atoms with van der Waals surface area (Å²) in [5.74, 6) is 4.10. The van der Waals surface area contributed by atoms with Gasteiger partial charge in [-0.25, -0.2) is 4.99 Å². The maximum atomic E-state index is 5.77. The molecule has 0 radical (unpaired) electrons. The Kier molecular flexibility index (Phi) is 10.1. The van der Waals surface area contributed by atoms with Crippen LogP contribution in [0, 0.1) is 0 Å². The molecule has 0 spiro atoms. The zero-order valence-corrected chi connectivity index (χ0v) is 19.0. The fraction of sp³-hybridized carbons (Fsp3) is 0.435. The molecular weight excluding hydrogens is 398 g/mol. The van der Waals surface area contributed by atoms with Crippen molar-refractivity contribution in [2.24, 2.45) is 4.99 Å². The second-order valence-electron chi connectivity index (χ2n) is 6.54. The minimum absolute atomic E-state index is 0.465. The van der Waals surface area contributed by atoms with Gasteiger partial charge in [-0.1, -0.05) is 6.07 Å². The van der Waals surface area contributed by atoms with Crippen LogP contribution in [0.4, 0.5) is 0 Å². The van der Waals surface area contributed by atoms with E-state index in [1.54, 1.807) is 28.4 Å². The quantitative estimate of drug-likeness (QED) is 0.303. The number of hydrogen-bond donors (Lipinski definition) is 2. The third kappa shape index (κ3) is 7.47. The first kappa shape index (κ1) is 24.0. The van der Waals surface area contributed by atoms with E-state index in [1.807, 2.05) is 43.3 Å². The van der Waals surface area contributed by atoms with E-state index < -0.39 is 0 Å². The summed E-state index contributed by atoms with van der Waals surface area (Å²) in [7, 11) is 6.43. The van der Waals surface area contributed by atoms with Crippen LogP contribution in [-0.2, 0) is 6.54 Å². The van der Waals surface area contributed by atoms with Crippen molar-refractivity contribution in [3.8, 4) is 28.7 Å². The summed E-state index contributed by atoms with van der Waals surface area (Å²) in [6, 6.07) is 11.4. The molecule has 2 N–H and O–H groups in total. The number of hydrogen-bond acceptors (Lipinski definition) is 6. The van der Waals surface area contributed by atoms with E-state index in [2.05, 4.69) is 15.6 Å². The van der Waals surface area contributed by atoms with Crippen LogP contribution in [0.5, 0.6) is 28.7 Å². The fourth-order valence-corrected chi connectivity index (χ4v) is 2.90. The Bertz CT molecular complexity index is 817. The summed E-state index contributed by atoms with van der Waals surface area (Å²) in [6.07, 6.45) is 0.825. The smallest absolute Gasteiger partial charge is 0.203 e. The molecule has 0 fully saturated rings. The number of methoxy groups -OCH3 is 4. The van der Waals surface area contributed by atoms with Crippen molar-refractivity contribution in [3.63, 3.8) is 0 Å². The molecule has 8 heteroatoms. The van der Waals surface area contributed by atoms with E-state index in [-0.39, 0.29) is 0 Å². The van der Waals surface area contributed by atoms with Gasteiger partial charge in [-0.05, 0) is 43.2 Å². The molecule has 0 atom stereocenters. The van der Waals surface area contributed by atoms with Gasteiger partial charge in [0.15, 0.2) is 17.5 Å². The SMILES string of the molecule is CCNC(=NCc1cc(OC)c(OC)c(OC)c1)NCCCOc1cccc(OC)c1. The predicted octanol–water partition coefficient (Wildman–Crippen LogP) is 3.25. The number of nitrogens with one attached hydrogen (secondary N) is 2. The fourth-order valence-electron chi connectivity index (χ4n) is 2.90. The highest BCUT2D eigenvalue weighted by Crippen LogP contribution is 2.38. The molecule has 2 aromatic carbocycles. The average molecular weight is 432 g/mol. The lowest BCUT2D eigenvalue weighted by Crippen LogP contribution is -2.38. The van der Waals surface area contributed by atoms with Crippen molar-refractivity contribution >= 4 is 5.96 Å². The van der Waals surface area contributed by atoms with Crippen LogP contribution in [0.3, 0.4) is 0 Å². The molecule has 0 aliphatic heterocycles. The van der Waals surface area contributed by atoms with Gasteiger partial charge in [0.25, 0.3) is 0 Å².